The number of amides is 2. The molecule has 0 radical (unpaired) electrons. The van der Waals surface area contributed by atoms with Crippen LogP contribution in [0.2, 0.25) is 0 Å². The van der Waals surface area contributed by atoms with E-state index < -0.39 is 4.92 Å². The number of non-ortho nitro benzene ring substituents is 1. The fourth-order valence-corrected chi connectivity index (χ4v) is 5.69. The van der Waals surface area contributed by atoms with Gasteiger partial charge in [0, 0.05) is 12.1 Å². The van der Waals surface area contributed by atoms with Crippen LogP contribution < -0.4 is 9.47 Å². The first-order valence-corrected chi connectivity index (χ1v) is 12.0. The normalized spacial score (nSPS) is 24.8. The fourth-order valence-electron chi connectivity index (χ4n) is 5.12. The number of carbonyl (C=O) groups is 2. The molecule has 0 spiro atoms. The van der Waals surface area contributed by atoms with Crippen molar-refractivity contribution >= 4 is 39.6 Å². The number of benzene rings is 2. The number of hydrogen-bond donors (Lipinski definition) is 0. The molecule has 2 aromatic carbocycles. The van der Waals surface area contributed by atoms with Crippen LogP contribution in [-0.4, -0.2) is 35.1 Å². The Hall–Kier alpha value is -3.53. The number of allylic oxidation sites excluding steroid dienone is 2. The van der Waals surface area contributed by atoms with Crippen molar-refractivity contribution in [1.82, 2.24) is 5.01 Å². The van der Waals surface area contributed by atoms with Crippen LogP contribution in [0.3, 0.4) is 0 Å². The summed E-state index contributed by atoms with van der Waals surface area (Å²) in [6, 6.07) is 9.54. The molecule has 0 N–H and O–H groups in total. The van der Waals surface area contributed by atoms with Crippen LogP contribution in [-0.2, 0) is 16.2 Å². The predicted molar refractivity (Wildman–Crippen MR) is 130 cm³/mol. The lowest BCUT2D eigenvalue weighted by molar-refractivity contribution is -0.384. The first-order chi connectivity index (χ1) is 16.9. The van der Waals surface area contributed by atoms with Crippen molar-refractivity contribution in [3.8, 4) is 11.5 Å². The predicted octanol–water partition coefficient (Wildman–Crippen LogP) is 4.48. The third-order valence-electron chi connectivity index (χ3n) is 6.84. The van der Waals surface area contributed by atoms with E-state index in [1.165, 1.54) is 25.5 Å². The SMILES string of the molecule is COc1cc(/C=N\N2C(=O)[C@H]3[C@H](C2=O)[C@H]2C=C[C@H]3CC2)cc(Br)c1OCc1ccc([N+](=O)[O-])cc1. The van der Waals surface area contributed by atoms with Crippen molar-refractivity contribution in [2.45, 2.75) is 19.4 Å². The molecule has 9 nitrogen and oxygen atoms in total. The lowest BCUT2D eigenvalue weighted by atomic mass is 9.63. The van der Waals surface area contributed by atoms with Crippen molar-refractivity contribution < 1.29 is 24.0 Å². The van der Waals surface area contributed by atoms with Gasteiger partial charge in [-0.3, -0.25) is 19.7 Å². The highest BCUT2D eigenvalue weighted by Crippen LogP contribution is 2.49. The topological polar surface area (TPSA) is 111 Å². The van der Waals surface area contributed by atoms with Crippen LogP contribution in [0.25, 0.3) is 0 Å². The Morgan fingerprint density at radius 2 is 1.74 bits per heavy atom. The number of hydrazone groups is 1. The molecule has 3 aliphatic carbocycles. The second-order valence-corrected chi connectivity index (χ2v) is 9.68. The molecule has 2 fully saturated rings. The molecule has 1 saturated carbocycles. The molecule has 4 aliphatic rings. The van der Waals surface area contributed by atoms with Crippen molar-refractivity contribution in [3.63, 3.8) is 0 Å². The largest absolute Gasteiger partial charge is 0.493 e. The van der Waals surface area contributed by atoms with Crippen LogP contribution in [0.4, 0.5) is 5.69 Å². The van der Waals surface area contributed by atoms with Crippen molar-refractivity contribution in [3.05, 3.63) is 74.3 Å². The van der Waals surface area contributed by atoms with Crippen LogP contribution in [0.1, 0.15) is 24.0 Å². The van der Waals surface area contributed by atoms with Gasteiger partial charge in [0.15, 0.2) is 11.5 Å². The molecule has 1 saturated heterocycles. The van der Waals surface area contributed by atoms with Crippen molar-refractivity contribution in [2.75, 3.05) is 7.11 Å². The van der Waals surface area contributed by atoms with Gasteiger partial charge in [-0.2, -0.15) is 10.1 Å². The number of nitro groups is 1. The minimum atomic E-state index is -0.455. The van der Waals surface area contributed by atoms with E-state index in [0.717, 1.165) is 23.4 Å². The summed E-state index contributed by atoms with van der Waals surface area (Å²) in [5.41, 5.74) is 1.38. The molecule has 180 valence electrons. The van der Waals surface area contributed by atoms with Crippen LogP contribution >= 0.6 is 15.9 Å². The third kappa shape index (κ3) is 4.22. The summed E-state index contributed by atoms with van der Waals surface area (Å²) >= 11 is 3.48. The number of ether oxygens (including phenoxy) is 2. The second kappa shape index (κ2) is 9.26. The molecule has 1 heterocycles. The number of carbonyl (C=O) groups excluding carboxylic acids is 2. The lowest BCUT2D eigenvalue weighted by Gasteiger charge is -2.37. The van der Waals surface area contributed by atoms with Crippen molar-refractivity contribution in [1.29, 1.82) is 0 Å². The summed E-state index contributed by atoms with van der Waals surface area (Å²) in [4.78, 5) is 36.3. The number of rotatable bonds is 7. The molecule has 1 aliphatic heterocycles. The van der Waals surface area contributed by atoms with Gasteiger partial charge in [0.2, 0.25) is 0 Å². The van der Waals surface area contributed by atoms with E-state index in [0.29, 0.717) is 21.5 Å². The van der Waals surface area contributed by atoms with E-state index in [1.54, 1.807) is 24.3 Å². The maximum absolute atomic E-state index is 12.9. The Bertz CT molecular complexity index is 1230. The number of halogens is 1. The van der Waals surface area contributed by atoms with Gasteiger partial charge in [0.25, 0.3) is 17.5 Å². The quantitative estimate of drug-likeness (QED) is 0.168. The summed E-state index contributed by atoms with van der Waals surface area (Å²) < 4.78 is 12.0. The zero-order valence-corrected chi connectivity index (χ0v) is 20.4. The molecular formula is C25H22BrN3O6. The average molecular weight is 540 g/mol. The molecule has 0 unspecified atom stereocenters. The smallest absolute Gasteiger partial charge is 0.269 e. The molecular weight excluding hydrogens is 518 g/mol. The summed E-state index contributed by atoms with van der Waals surface area (Å²) in [6.07, 6.45) is 7.49. The number of fused-ring (bicyclic) bond motifs is 1. The first kappa shape index (κ1) is 23.2. The standard InChI is InChI=1S/C25H22BrN3O6/c1-34-20-11-15(10-19(26)23(20)35-13-14-2-8-18(9-3-14)29(32)33)12-27-28-24(30)21-16-4-5-17(7-6-16)22(21)25(28)31/h2-5,8-12,16-17,21-22H,6-7,13H2,1H3/b27-12-/t16-,17-,21+,22+/m0/s1. The van der Waals surface area contributed by atoms with Crippen molar-refractivity contribution in [2.24, 2.45) is 28.8 Å². The van der Waals surface area contributed by atoms with Gasteiger partial charge in [-0.25, -0.2) is 0 Å². The highest BCUT2D eigenvalue weighted by Gasteiger charge is 2.56. The number of imide groups is 1. The molecule has 10 heteroatoms. The fraction of sp³-hybridized carbons (Fsp3) is 0.320. The highest BCUT2D eigenvalue weighted by atomic mass is 79.9. The minimum absolute atomic E-state index is 0.00860. The summed E-state index contributed by atoms with van der Waals surface area (Å²) in [6.45, 7) is 0.177. The van der Waals surface area contributed by atoms with E-state index in [9.17, 15) is 19.7 Å². The average Bonchev–Trinajstić information content (AvgIpc) is 3.14. The Morgan fingerprint density at radius 3 is 2.29 bits per heavy atom. The number of methoxy groups -OCH3 is 1. The van der Waals surface area contributed by atoms with E-state index >= 15 is 0 Å². The van der Waals surface area contributed by atoms with Gasteiger partial charge in [0.05, 0.1) is 34.6 Å². The molecule has 0 aromatic heterocycles. The van der Waals surface area contributed by atoms with Gasteiger partial charge in [-0.05, 0) is 76.0 Å². The van der Waals surface area contributed by atoms with Gasteiger partial charge in [-0.15, -0.1) is 0 Å². The number of nitrogens with zero attached hydrogens (tertiary/aromatic N) is 3. The van der Waals surface area contributed by atoms with Gasteiger partial charge in [-0.1, -0.05) is 12.2 Å². The molecule has 4 atom stereocenters. The van der Waals surface area contributed by atoms with Crippen LogP contribution in [0, 0.1) is 33.8 Å². The van der Waals surface area contributed by atoms with E-state index in [1.807, 2.05) is 0 Å². The molecule has 6 rings (SSSR count). The lowest BCUT2D eigenvalue weighted by Crippen LogP contribution is -2.38. The summed E-state index contributed by atoms with van der Waals surface area (Å²) in [5, 5.41) is 16.1. The molecule has 2 aromatic rings. The van der Waals surface area contributed by atoms with Crippen LogP contribution in [0.15, 0.2) is 58.1 Å². The van der Waals surface area contributed by atoms with Gasteiger partial charge in [0.1, 0.15) is 6.61 Å². The summed E-state index contributed by atoms with van der Waals surface area (Å²) in [7, 11) is 1.50. The molecule has 2 bridgehead atoms. The Labute approximate surface area is 209 Å². The zero-order chi connectivity index (χ0) is 24.7. The Kier molecular flexibility index (Phi) is 6.14. The minimum Gasteiger partial charge on any atom is -0.493 e. The third-order valence-corrected chi connectivity index (χ3v) is 7.43. The first-order valence-electron chi connectivity index (χ1n) is 11.2. The van der Waals surface area contributed by atoms with Crippen LogP contribution in [0.5, 0.6) is 11.5 Å². The monoisotopic (exact) mass is 539 g/mol. The molecule has 35 heavy (non-hydrogen) atoms. The maximum atomic E-state index is 12.9. The van der Waals surface area contributed by atoms with Gasteiger partial charge >= 0.3 is 0 Å². The second-order valence-electron chi connectivity index (χ2n) is 8.82. The number of nitro benzene ring substituents is 1. The van der Waals surface area contributed by atoms with E-state index in [2.05, 4.69) is 33.2 Å². The van der Waals surface area contributed by atoms with Gasteiger partial charge < -0.3 is 9.47 Å². The Morgan fingerprint density at radius 1 is 1.11 bits per heavy atom. The maximum Gasteiger partial charge on any atom is 0.269 e. The summed E-state index contributed by atoms with van der Waals surface area (Å²) in [5.74, 6) is 0.0300. The molecule has 2 amide bonds. The zero-order valence-electron chi connectivity index (χ0n) is 18.8. The van der Waals surface area contributed by atoms with E-state index in [-0.39, 0.29) is 47.8 Å². The van der Waals surface area contributed by atoms with E-state index in [4.69, 9.17) is 9.47 Å². The Balaban J connectivity index is 1.31. The number of hydrogen-bond acceptors (Lipinski definition) is 7. The highest BCUT2D eigenvalue weighted by molar-refractivity contribution is 9.10.